The minimum Gasteiger partial charge on any atom is -0.492 e. The topological polar surface area (TPSA) is 74.6 Å². The van der Waals surface area contributed by atoms with Gasteiger partial charge in [0.25, 0.3) is 0 Å². The molecule has 0 aliphatic carbocycles. The van der Waals surface area contributed by atoms with Crippen molar-refractivity contribution in [3.05, 3.63) is 51.1 Å². The normalized spacial score (nSPS) is 16.2. The van der Waals surface area contributed by atoms with Gasteiger partial charge < -0.3 is 19.7 Å². The lowest BCUT2D eigenvalue weighted by molar-refractivity contribution is 0.0139. The summed E-state index contributed by atoms with van der Waals surface area (Å²) in [4.78, 5) is 14.0. The van der Waals surface area contributed by atoms with Crippen LogP contribution >= 0.6 is 22.6 Å². The highest BCUT2D eigenvalue weighted by Gasteiger charge is 2.28. The Bertz CT molecular complexity index is 1070. The first-order valence-electron chi connectivity index (χ1n) is 10.6. The molecule has 1 aliphatic rings. The van der Waals surface area contributed by atoms with Crippen molar-refractivity contribution in [1.82, 2.24) is 4.90 Å². The first-order chi connectivity index (χ1) is 15.6. The number of nitrogens with zero attached hydrogens (tertiary/aromatic N) is 2. The molecule has 3 rings (SSSR count). The number of ether oxygens (including phenoxy) is 2. The van der Waals surface area contributed by atoms with Gasteiger partial charge in [0.2, 0.25) is 0 Å². The molecule has 0 aromatic heterocycles. The van der Waals surface area contributed by atoms with Crippen LogP contribution in [-0.4, -0.2) is 36.3 Å². The fourth-order valence-corrected chi connectivity index (χ4v) is 4.00. The van der Waals surface area contributed by atoms with Gasteiger partial charge in [0, 0.05) is 28.6 Å². The maximum absolute atomic E-state index is 14.3. The van der Waals surface area contributed by atoms with E-state index in [9.17, 15) is 18.8 Å². The van der Waals surface area contributed by atoms with Crippen LogP contribution in [0.15, 0.2) is 30.3 Å². The molecule has 0 saturated carbocycles. The van der Waals surface area contributed by atoms with Crippen molar-refractivity contribution < 1.29 is 23.0 Å². The van der Waals surface area contributed by atoms with E-state index in [2.05, 4.69) is 5.32 Å². The van der Waals surface area contributed by atoms with Gasteiger partial charge >= 0.3 is 6.09 Å². The highest BCUT2D eigenvalue weighted by molar-refractivity contribution is 14.1. The molecule has 1 N–H and O–H groups in total. The molecule has 6 nitrogen and oxygen atoms in total. The monoisotopic (exact) mass is 569 g/mol. The van der Waals surface area contributed by atoms with Gasteiger partial charge in [-0.15, -0.1) is 0 Å². The average molecular weight is 569 g/mol. The molecular weight excluding hydrogens is 543 g/mol. The molecule has 1 saturated heterocycles. The number of nitrogens with one attached hydrogen (secondary N) is 1. The molecule has 9 heteroatoms. The lowest BCUT2D eigenvalue weighted by atomic mass is 9.99. The van der Waals surface area contributed by atoms with Crippen molar-refractivity contribution in [2.75, 3.05) is 25.0 Å². The molecule has 0 spiro atoms. The predicted molar refractivity (Wildman–Crippen MR) is 130 cm³/mol. The smallest absolute Gasteiger partial charge is 0.410 e. The minimum absolute atomic E-state index is 0.00568. The van der Waals surface area contributed by atoms with Gasteiger partial charge in [0.1, 0.15) is 34.6 Å². The second-order valence-electron chi connectivity index (χ2n) is 8.93. The molecule has 2 aromatic carbocycles. The summed E-state index contributed by atoms with van der Waals surface area (Å²) >= 11 is 1.99. The SMILES string of the molecule is CC(C)(C)OC(=O)N1CCCC(COc2cc(F)cc(Nc3ccc(I)cc3F)c2C#N)C1. The third-order valence-corrected chi connectivity index (χ3v) is 5.70. The number of hydrogen-bond donors (Lipinski definition) is 1. The first-order valence-corrected chi connectivity index (χ1v) is 11.7. The summed E-state index contributed by atoms with van der Waals surface area (Å²) in [5.41, 5.74) is -0.256. The van der Waals surface area contributed by atoms with E-state index in [1.54, 1.807) is 11.0 Å². The second kappa shape index (κ2) is 10.5. The van der Waals surface area contributed by atoms with E-state index in [0.717, 1.165) is 25.0 Å². The molecule has 1 fully saturated rings. The van der Waals surface area contributed by atoms with Crippen LogP contribution < -0.4 is 10.1 Å². The van der Waals surface area contributed by atoms with Crippen LogP contribution in [0.2, 0.25) is 0 Å². The molecule has 1 heterocycles. The van der Waals surface area contributed by atoms with Crippen molar-refractivity contribution in [3.63, 3.8) is 0 Å². The Hall–Kier alpha value is -2.61. The van der Waals surface area contributed by atoms with Crippen molar-refractivity contribution in [2.24, 2.45) is 5.92 Å². The van der Waals surface area contributed by atoms with Crippen molar-refractivity contribution in [3.8, 4) is 11.8 Å². The van der Waals surface area contributed by atoms with Gasteiger partial charge in [-0.3, -0.25) is 0 Å². The Morgan fingerprint density at radius 3 is 2.70 bits per heavy atom. The van der Waals surface area contributed by atoms with Crippen molar-refractivity contribution >= 4 is 40.1 Å². The van der Waals surface area contributed by atoms with E-state index in [4.69, 9.17) is 9.47 Å². The van der Waals surface area contributed by atoms with Crippen LogP contribution in [0.25, 0.3) is 0 Å². The van der Waals surface area contributed by atoms with E-state index in [1.807, 2.05) is 49.4 Å². The van der Waals surface area contributed by atoms with E-state index < -0.39 is 17.2 Å². The average Bonchev–Trinajstić information content (AvgIpc) is 2.73. The number of likely N-dealkylation sites (tertiary alicyclic amines) is 1. The van der Waals surface area contributed by atoms with Gasteiger partial charge in [-0.1, -0.05) is 0 Å². The maximum atomic E-state index is 14.3. The summed E-state index contributed by atoms with van der Waals surface area (Å²) < 4.78 is 40.5. The Labute approximate surface area is 206 Å². The molecule has 1 amide bonds. The standard InChI is InChI=1S/C24H26F2IN3O3/c1-24(2,3)33-23(31)30-8-4-5-15(13-30)14-32-22-10-16(25)9-21(18(22)12-28)29-20-7-6-17(27)11-19(20)26/h6-7,9-11,15,29H,4-5,8,13-14H2,1-3H3. The molecule has 0 bridgehead atoms. The molecule has 1 atom stereocenters. The van der Waals surface area contributed by atoms with E-state index in [-0.39, 0.29) is 41.3 Å². The molecule has 1 aliphatic heterocycles. The fraction of sp³-hybridized carbons (Fsp3) is 0.417. The van der Waals surface area contributed by atoms with Crippen molar-refractivity contribution in [2.45, 2.75) is 39.2 Å². The number of nitriles is 1. The Kier molecular flexibility index (Phi) is 8.00. The zero-order valence-corrected chi connectivity index (χ0v) is 20.9. The summed E-state index contributed by atoms with van der Waals surface area (Å²) in [6.07, 6.45) is 1.25. The number of halogens is 3. The summed E-state index contributed by atoms with van der Waals surface area (Å²) in [6, 6.07) is 8.86. The number of carbonyl (C=O) groups excluding carboxylic acids is 1. The largest absolute Gasteiger partial charge is 0.492 e. The first kappa shape index (κ1) is 25.0. The van der Waals surface area contributed by atoms with Gasteiger partial charge in [0.15, 0.2) is 0 Å². The van der Waals surface area contributed by atoms with Gasteiger partial charge in [-0.2, -0.15) is 5.26 Å². The van der Waals surface area contributed by atoms with E-state index in [1.165, 1.54) is 12.1 Å². The predicted octanol–water partition coefficient (Wildman–Crippen LogP) is 6.21. The van der Waals surface area contributed by atoms with E-state index >= 15 is 0 Å². The van der Waals surface area contributed by atoms with Crippen LogP contribution in [-0.2, 0) is 4.74 Å². The van der Waals surface area contributed by atoms with Crippen LogP contribution in [0.4, 0.5) is 25.0 Å². The van der Waals surface area contributed by atoms with Crippen LogP contribution in [0.5, 0.6) is 5.75 Å². The highest BCUT2D eigenvalue weighted by atomic mass is 127. The quantitative estimate of drug-likeness (QED) is 0.434. The number of rotatable bonds is 5. The van der Waals surface area contributed by atoms with Gasteiger partial charge in [-0.25, -0.2) is 13.6 Å². The molecule has 0 radical (unpaired) electrons. The Morgan fingerprint density at radius 1 is 1.27 bits per heavy atom. The third-order valence-electron chi connectivity index (χ3n) is 5.02. The summed E-state index contributed by atoms with van der Waals surface area (Å²) in [5.74, 6) is -1.05. The number of hydrogen-bond acceptors (Lipinski definition) is 5. The third kappa shape index (κ3) is 6.93. The van der Waals surface area contributed by atoms with E-state index in [0.29, 0.717) is 16.7 Å². The zero-order valence-electron chi connectivity index (χ0n) is 18.8. The molecule has 33 heavy (non-hydrogen) atoms. The minimum atomic E-state index is -0.614. The van der Waals surface area contributed by atoms with Crippen LogP contribution in [0, 0.1) is 32.5 Å². The molecule has 1 unspecified atom stereocenters. The number of anilines is 2. The number of carbonyl (C=O) groups is 1. The van der Waals surface area contributed by atoms with Gasteiger partial charge in [0.05, 0.1) is 18.0 Å². The molecule has 176 valence electrons. The Morgan fingerprint density at radius 2 is 2.03 bits per heavy atom. The van der Waals surface area contributed by atoms with Crippen LogP contribution in [0.3, 0.4) is 0 Å². The summed E-state index contributed by atoms with van der Waals surface area (Å²) in [5, 5.41) is 12.5. The molecular formula is C24H26F2IN3O3. The maximum Gasteiger partial charge on any atom is 0.410 e. The lowest BCUT2D eigenvalue weighted by Crippen LogP contribution is -2.44. The lowest BCUT2D eigenvalue weighted by Gasteiger charge is -2.34. The van der Waals surface area contributed by atoms with Crippen LogP contribution in [0.1, 0.15) is 39.2 Å². The zero-order chi connectivity index (χ0) is 24.2. The number of piperidine rings is 1. The fourth-order valence-electron chi connectivity index (χ4n) is 3.55. The summed E-state index contributed by atoms with van der Waals surface area (Å²) in [7, 11) is 0. The second-order valence-corrected chi connectivity index (χ2v) is 10.2. The number of benzene rings is 2. The Balaban J connectivity index is 1.72. The highest BCUT2D eigenvalue weighted by Crippen LogP contribution is 2.32. The van der Waals surface area contributed by atoms with Crippen molar-refractivity contribution in [1.29, 1.82) is 5.26 Å². The number of amides is 1. The summed E-state index contributed by atoms with van der Waals surface area (Å²) in [6.45, 7) is 6.70. The van der Waals surface area contributed by atoms with Gasteiger partial charge in [-0.05, 0) is 80.5 Å². The molecule has 2 aromatic rings.